The number of nitrogens with zero attached hydrogens (tertiary/aromatic N) is 1. The Morgan fingerprint density at radius 1 is 1.40 bits per heavy atom. The second kappa shape index (κ2) is 6.17. The van der Waals surface area contributed by atoms with Crippen LogP contribution in [-0.2, 0) is 4.79 Å². The largest absolute Gasteiger partial charge is 0.396 e. The first-order chi connectivity index (χ1) is 9.45. The first-order valence-corrected chi connectivity index (χ1v) is 6.39. The van der Waals surface area contributed by atoms with E-state index in [1.54, 1.807) is 0 Å². The number of likely N-dealkylation sites (tertiary alicyclic amines) is 1. The summed E-state index contributed by atoms with van der Waals surface area (Å²) in [7, 11) is 0. The fraction of sp³-hybridized carbons (Fsp3) is 0.462. The number of nitrogen functional groups attached to an aromatic ring is 1. The number of nitrogens with two attached hydrogens (primary N) is 1. The third-order valence-electron chi connectivity index (χ3n) is 3.27. The van der Waals surface area contributed by atoms with Gasteiger partial charge in [-0.1, -0.05) is 0 Å². The maximum Gasteiger partial charge on any atom is 0.225 e. The van der Waals surface area contributed by atoms with Gasteiger partial charge >= 0.3 is 0 Å². The van der Waals surface area contributed by atoms with E-state index in [0.717, 1.165) is 0 Å². The van der Waals surface area contributed by atoms with Crippen molar-refractivity contribution in [2.75, 3.05) is 30.7 Å². The highest BCUT2D eigenvalue weighted by atomic mass is 19.1. The Balaban J connectivity index is 1.79. The highest BCUT2D eigenvalue weighted by Gasteiger charge is 2.29. The van der Waals surface area contributed by atoms with Gasteiger partial charge in [-0.3, -0.25) is 9.69 Å². The molecular formula is C13H18FN3O3. The predicted octanol–water partition coefficient (Wildman–Crippen LogP) is -0.226. The topological polar surface area (TPSA) is 98.8 Å². The molecule has 0 aliphatic carbocycles. The number of anilines is 2. The quantitative estimate of drug-likeness (QED) is 0.572. The zero-order valence-electron chi connectivity index (χ0n) is 10.9. The standard InChI is InChI=1S/C13H18FN3O3/c14-9-2-1-8(5-10(9)15)16-13(20)3-4-17-6-11(18)12(19)7-17/h1-2,5,11-12,18-19H,3-4,6-7,15H2,(H,16,20). The smallest absolute Gasteiger partial charge is 0.225 e. The van der Waals surface area contributed by atoms with Gasteiger partial charge in [0.25, 0.3) is 0 Å². The summed E-state index contributed by atoms with van der Waals surface area (Å²) in [6.07, 6.45) is -1.29. The van der Waals surface area contributed by atoms with Crippen LogP contribution in [0.4, 0.5) is 15.8 Å². The number of aliphatic hydroxyl groups is 2. The van der Waals surface area contributed by atoms with Gasteiger partial charge in [0.1, 0.15) is 5.82 Å². The van der Waals surface area contributed by atoms with E-state index in [-0.39, 0.29) is 18.0 Å². The van der Waals surface area contributed by atoms with Gasteiger partial charge < -0.3 is 21.3 Å². The molecular weight excluding hydrogens is 265 g/mol. The zero-order valence-corrected chi connectivity index (χ0v) is 10.9. The number of benzene rings is 1. The molecule has 1 amide bonds. The summed E-state index contributed by atoms with van der Waals surface area (Å²) >= 11 is 0. The van der Waals surface area contributed by atoms with Crippen molar-refractivity contribution >= 4 is 17.3 Å². The number of hydrogen-bond acceptors (Lipinski definition) is 5. The number of carbonyl (C=O) groups excluding carboxylic acids is 1. The molecule has 0 radical (unpaired) electrons. The van der Waals surface area contributed by atoms with Crippen LogP contribution in [0.15, 0.2) is 18.2 Å². The van der Waals surface area contributed by atoms with Crippen molar-refractivity contribution in [1.82, 2.24) is 4.90 Å². The number of amides is 1. The van der Waals surface area contributed by atoms with E-state index in [9.17, 15) is 19.4 Å². The maximum atomic E-state index is 13.0. The van der Waals surface area contributed by atoms with Crippen LogP contribution in [0.25, 0.3) is 0 Å². The molecule has 0 bridgehead atoms. The molecule has 1 aromatic rings. The fourth-order valence-corrected chi connectivity index (χ4v) is 2.13. The lowest BCUT2D eigenvalue weighted by molar-refractivity contribution is -0.116. The highest BCUT2D eigenvalue weighted by molar-refractivity contribution is 5.91. The van der Waals surface area contributed by atoms with Gasteiger partial charge in [-0.25, -0.2) is 4.39 Å². The number of aliphatic hydroxyl groups excluding tert-OH is 2. The number of hydrogen-bond donors (Lipinski definition) is 4. The van der Waals surface area contributed by atoms with Crippen molar-refractivity contribution in [2.45, 2.75) is 18.6 Å². The molecule has 2 rings (SSSR count). The number of rotatable bonds is 4. The van der Waals surface area contributed by atoms with Gasteiger partial charge in [-0.15, -0.1) is 0 Å². The lowest BCUT2D eigenvalue weighted by Gasteiger charge is -2.14. The van der Waals surface area contributed by atoms with Crippen molar-refractivity contribution in [1.29, 1.82) is 0 Å². The molecule has 0 saturated carbocycles. The van der Waals surface area contributed by atoms with E-state index in [0.29, 0.717) is 25.3 Å². The lowest BCUT2D eigenvalue weighted by Crippen LogP contribution is -2.27. The normalized spacial score (nSPS) is 22.9. The van der Waals surface area contributed by atoms with Crippen LogP contribution in [0, 0.1) is 5.82 Å². The first kappa shape index (κ1) is 14.7. The SMILES string of the molecule is Nc1cc(NC(=O)CCN2CC(O)C(O)C2)ccc1F. The molecule has 1 aliphatic rings. The molecule has 2 unspecified atom stereocenters. The van der Waals surface area contributed by atoms with Crippen LogP contribution in [0.1, 0.15) is 6.42 Å². The van der Waals surface area contributed by atoms with E-state index < -0.39 is 18.0 Å². The van der Waals surface area contributed by atoms with Crippen LogP contribution in [0.2, 0.25) is 0 Å². The number of halogens is 1. The maximum absolute atomic E-state index is 13.0. The van der Waals surface area contributed by atoms with Crippen molar-refractivity contribution in [3.8, 4) is 0 Å². The number of carbonyl (C=O) groups is 1. The van der Waals surface area contributed by atoms with Gasteiger partial charge in [-0.05, 0) is 18.2 Å². The van der Waals surface area contributed by atoms with Crippen molar-refractivity contribution in [3.63, 3.8) is 0 Å². The minimum atomic E-state index is -0.755. The summed E-state index contributed by atoms with van der Waals surface area (Å²) in [6.45, 7) is 1.16. The predicted molar refractivity (Wildman–Crippen MR) is 72.5 cm³/mol. The second-order valence-corrected chi connectivity index (χ2v) is 4.93. The first-order valence-electron chi connectivity index (χ1n) is 6.39. The molecule has 2 atom stereocenters. The summed E-state index contributed by atoms with van der Waals surface area (Å²) in [6, 6.07) is 3.99. The summed E-state index contributed by atoms with van der Waals surface area (Å²) in [5, 5.41) is 21.4. The van der Waals surface area contributed by atoms with Gasteiger partial charge in [0.05, 0.1) is 17.9 Å². The zero-order chi connectivity index (χ0) is 14.7. The Hall–Kier alpha value is -1.70. The summed E-state index contributed by atoms with van der Waals surface area (Å²) in [4.78, 5) is 13.5. The van der Waals surface area contributed by atoms with Gasteiger partial charge in [0.2, 0.25) is 5.91 Å². The molecule has 110 valence electrons. The molecule has 1 heterocycles. The molecule has 1 saturated heterocycles. The fourth-order valence-electron chi connectivity index (χ4n) is 2.13. The van der Waals surface area contributed by atoms with Crippen LogP contribution in [0.3, 0.4) is 0 Å². The average molecular weight is 283 g/mol. The Morgan fingerprint density at radius 2 is 2.05 bits per heavy atom. The van der Waals surface area contributed by atoms with Crippen LogP contribution in [0.5, 0.6) is 0 Å². The van der Waals surface area contributed by atoms with Crippen LogP contribution < -0.4 is 11.1 Å². The van der Waals surface area contributed by atoms with E-state index >= 15 is 0 Å². The van der Waals surface area contributed by atoms with E-state index in [1.165, 1.54) is 18.2 Å². The number of nitrogens with one attached hydrogen (secondary N) is 1. The average Bonchev–Trinajstić information content (AvgIpc) is 2.71. The van der Waals surface area contributed by atoms with Crippen molar-refractivity contribution in [3.05, 3.63) is 24.0 Å². The molecule has 0 aromatic heterocycles. The molecule has 1 aliphatic heterocycles. The Kier molecular flexibility index (Phi) is 4.53. The van der Waals surface area contributed by atoms with Gasteiger partial charge in [-0.2, -0.15) is 0 Å². The van der Waals surface area contributed by atoms with E-state index in [2.05, 4.69) is 5.32 Å². The molecule has 0 spiro atoms. The van der Waals surface area contributed by atoms with Gasteiger partial charge in [0, 0.05) is 31.7 Å². The Labute approximate surface area is 116 Å². The van der Waals surface area contributed by atoms with Gasteiger partial charge in [0.15, 0.2) is 0 Å². The highest BCUT2D eigenvalue weighted by Crippen LogP contribution is 2.16. The minimum Gasteiger partial charge on any atom is -0.396 e. The van der Waals surface area contributed by atoms with E-state index in [1.807, 2.05) is 4.90 Å². The monoisotopic (exact) mass is 283 g/mol. The third-order valence-corrected chi connectivity index (χ3v) is 3.27. The lowest BCUT2D eigenvalue weighted by atomic mass is 10.2. The summed E-state index contributed by atoms with van der Waals surface area (Å²) in [5.41, 5.74) is 5.83. The summed E-state index contributed by atoms with van der Waals surface area (Å²) in [5.74, 6) is -0.755. The molecule has 1 fully saturated rings. The van der Waals surface area contributed by atoms with Crippen LogP contribution in [-0.4, -0.2) is 52.9 Å². The van der Waals surface area contributed by atoms with E-state index in [4.69, 9.17) is 5.73 Å². The summed E-state index contributed by atoms with van der Waals surface area (Å²) < 4.78 is 13.0. The second-order valence-electron chi connectivity index (χ2n) is 4.93. The third kappa shape index (κ3) is 3.66. The van der Waals surface area contributed by atoms with Crippen molar-refractivity contribution < 1.29 is 19.4 Å². The molecule has 20 heavy (non-hydrogen) atoms. The minimum absolute atomic E-state index is 0.0198. The Morgan fingerprint density at radius 3 is 2.65 bits per heavy atom. The Bertz CT molecular complexity index is 488. The van der Waals surface area contributed by atoms with Crippen molar-refractivity contribution in [2.24, 2.45) is 0 Å². The molecule has 7 heteroatoms. The van der Waals surface area contributed by atoms with Crippen LogP contribution >= 0.6 is 0 Å². The number of β-amino-alcohol motifs (C(OH)–C–C–N with tert-alkyl or cyclic N) is 2. The molecule has 5 N–H and O–H groups in total. The molecule has 1 aromatic carbocycles. The molecule has 6 nitrogen and oxygen atoms in total.